The lowest BCUT2D eigenvalue weighted by Crippen LogP contribution is -2.29. The summed E-state index contributed by atoms with van der Waals surface area (Å²) in [7, 11) is 0. The van der Waals surface area contributed by atoms with Crippen LogP contribution in [0.3, 0.4) is 0 Å². The molecule has 0 unspecified atom stereocenters. The Morgan fingerprint density at radius 1 is 0.447 bits per heavy atom. The van der Waals surface area contributed by atoms with Gasteiger partial charge in [-0.1, -0.05) is 84.9 Å². The van der Waals surface area contributed by atoms with Gasteiger partial charge in [0.1, 0.15) is 17.2 Å². The summed E-state index contributed by atoms with van der Waals surface area (Å²) in [6.07, 6.45) is 0. The standard InChI is InChI=1S/C42H30FN3O/c1-42(2)37-16-10-9-15-35(37)36-26-30(19-22-38(36)47-42)40-44-39(29-17-20-34(43)21-18-29)45-41(46-40)33-24-31(27-11-5-3-6-12-27)23-32(25-33)28-13-7-4-8-14-28/h3-26H,1-2H3. The van der Waals surface area contributed by atoms with Crippen LogP contribution >= 0.6 is 0 Å². The monoisotopic (exact) mass is 611 g/mol. The molecule has 1 aromatic heterocycles. The molecule has 0 N–H and O–H groups in total. The molecule has 5 heteroatoms. The molecule has 7 aromatic rings. The molecule has 0 fully saturated rings. The molecule has 8 rings (SSSR count). The number of hydrogen-bond donors (Lipinski definition) is 0. The van der Waals surface area contributed by atoms with Crippen LogP contribution in [0.15, 0.2) is 146 Å². The number of rotatable bonds is 5. The van der Waals surface area contributed by atoms with E-state index in [2.05, 4.69) is 80.6 Å². The molecule has 2 heterocycles. The Hall–Kier alpha value is -5.94. The van der Waals surface area contributed by atoms with Crippen molar-refractivity contribution in [2.24, 2.45) is 0 Å². The molecule has 0 amide bonds. The van der Waals surface area contributed by atoms with Gasteiger partial charge in [0.15, 0.2) is 17.5 Å². The van der Waals surface area contributed by atoms with E-state index in [1.165, 1.54) is 12.1 Å². The molecule has 6 aromatic carbocycles. The molecular weight excluding hydrogens is 581 g/mol. The largest absolute Gasteiger partial charge is 0.482 e. The van der Waals surface area contributed by atoms with E-state index in [9.17, 15) is 4.39 Å². The Morgan fingerprint density at radius 3 is 1.60 bits per heavy atom. The Balaban J connectivity index is 1.33. The van der Waals surface area contributed by atoms with Gasteiger partial charge in [0.25, 0.3) is 0 Å². The van der Waals surface area contributed by atoms with Gasteiger partial charge in [0.05, 0.1) is 0 Å². The van der Waals surface area contributed by atoms with Crippen LogP contribution in [0.1, 0.15) is 19.4 Å². The van der Waals surface area contributed by atoms with Crippen LogP contribution in [0.5, 0.6) is 5.75 Å². The SMILES string of the molecule is CC1(C)Oc2ccc(-c3nc(-c4ccc(F)cc4)nc(-c4cc(-c5ccccc5)cc(-c5ccccc5)c4)n3)cc2-c2ccccc21. The maximum Gasteiger partial charge on any atom is 0.164 e. The van der Waals surface area contributed by atoms with E-state index in [0.717, 1.165) is 55.8 Å². The summed E-state index contributed by atoms with van der Waals surface area (Å²) in [6, 6.07) is 47.7. The van der Waals surface area contributed by atoms with Crippen LogP contribution in [0.4, 0.5) is 4.39 Å². The highest BCUT2D eigenvalue weighted by Gasteiger charge is 2.32. The summed E-state index contributed by atoms with van der Waals surface area (Å²) >= 11 is 0. The van der Waals surface area contributed by atoms with Crippen LogP contribution in [-0.2, 0) is 5.60 Å². The first-order valence-corrected chi connectivity index (χ1v) is 15.6. The second-order valence-corrected chi connectivity index (χ2v) is 12.2. The maximum atomic E-state index is 14.0. The number of fused-ring (bicyclic) bond motifs is 3. The van der Waals surface area contributed by atoms with Gasteiger partial charge in [-0.3, -0.25) is 0 Å². The summed E-state index contributed by atoms with van der Waals surface area (Å²) in [4.78, 5) is 15.0. The molecule has 4 nitrogen and oxygen atoms in total. The van der Waals surface area contributed by atoms with E-state index in [1.807, 2.05) is 54.6 Å². The van der Waals surface area contributed by atoms with Crippen LogP contribution < -0.4 is 4.74 Å². The minimum Gasteiger partial charge on any atom is -0.482 e. The molecule has 0 saturated carbocycles. The second kappa shape index (κ2) is 11.5. The molecule has 1 aliphatic rings. The highest BCUT2D eigenvalue weighted by molar-refractivity contribution is 5.82. The highest BCUT2D eigenvalue weighted by atomic mass is 19.1. The molecule has 0 spiro atoms. The number of aromatic nitrogens is 3. The fourth-order valence-corrected chi connectivity index (χ4v) is 6.25. The first-order valence-electron chi connectivity index (χ1n) is 15.6. The third-order valence-electron chi connectivity index (χ3n) is 8.61. The van der Waals surface area contributed by atoms with Gasteiger partial charge in [-0.2, -0.15) is 0 Å². The lowest BCUT2D eigenvalue weighted by atomic mass is 9.86. The van der Waals surface area contributed by atoms with Crippen molar-refractivity contribution in [3.8, 4) is 73.3 Å². The maximum absolute atomic E-state index is 14.0. The predicted octanol–water partition coefficient (Wildman–Crippen LogP) is 10.6. The zero-order valence-electron chi connectivity index (χ0n) is 26.0. The number of ether oxygens (including phenoxy) is 1. The third kappa shape index (κ3) is 5.46. The molecule has 1 aliphatic heterocycles. The average Bonchev–Trinajstić information content (AvgIpc) is 3.12. The summed E-state index contributed by atoms with van der Waals surface area (Å²) in [5, 5.41) is 0. The Labute approximate surface area is 273 Å². The van der Waals surface area contributed by atoms with Gasteiger partial charge in [-0.05, 0) is 102 Å². The van der Waals surface area contributed by atoms with Crippen molar-refractivity contribution < 1.29 is 9.13 Å². The van der Waals surface area contributed by atoms with Crippen LogP contribution in [0, 0.1) is 5.82 Å². The van der Waals surface area contributed by atoms with E-state index < -0.39 is 5.60 Å². The van der Waals surface area contributed by atoms with E-state index in [-0.39, 0.29) is 5.82 Å². The van der Waals surface area contributed by atoms with Gasteiger partial charge >= 0.3 is 0 Å². The van der Waals surface area contributed by atoms with Crippen molar-refractivity contribution >= 4 is 0 Å². The van der Waals surface area contributed by atoms with Crippen molar-refractivity contribution in [3.05, 3.63) is 157 Å². The molecule has 0 bridgehead atoms. The molecule has 47 heavy (non-hydrogen) atoms. The summed E-state index contributed by atoms with van der Waals surface area (Å²) in [5.41, 5.74) is 9.45. The van der Waals surface area contributed by atoms with E-state index in [0.29, 0.717) is 23.0 Å². The van der Waals surface area contributed by atoms with Crippen molar-refractivity contribution in [1.82, 2.24) is 15.0 Å². The second-order valence-electron chi connectivity index (χ2n) is 12.2. The molecular formula is C42H30FN3O. The van der Waals surface area contributed by atoms with E-state index in [1.54, 1.807) is 12.1 Å². The number of halogens is 1. The van der Waals surface area contributed by atoms with Gasteiger partial charge in [0.2, 0.25) is 0 Å². The minimum absolute atomic E-state index is 0.317. The summed E-state index contributed by atoms with van der Waals surface area (Å²) in [6.45, 7) is 4.17. The molecule has 0 radical (unpaired) electrons. The Kier molecular flexibility index (Phi) is 6.95. The smallest absolute Gasteiger partial charge is 0.164 e. The fraction of sp³-hybridized carbons (Fsp3) is 0.0714. The fourth-order valence-electron chi connectivity index (χ4n) is 6.25. The van der Waals surface area contributed by atoms with Crippen molar-refractivity contribution in [2.45, 2.75) is 19.4 Å². The highest BCUT2D eigenvalue weighted by Crippen LogP contribution is 2.46. The quantitative estimate of drug-likeness (QED) is 0.194. The minimum atomic E-state index is -0.457. The molecule has 0 aliphatic carbocycles. The zero-order chi connectivity index (χ0) is 32.0. The lowest BCUT2D eigenvalue weighted by molar-refractivity contribution is 0.106. The van der Waals surface area contributed by atoms with Gasteiger partial charge in [0, 0.05) is 27.8 Å². The van der Waals surface area contributed by atoms with Gasteiger partial charge in [-0.25, -0.2) is 19.3 Å². The molecule has 226 valence electrons. The number of hydrogen-bond acceptors (Lipinski definition) is 4. The van der Waals surface area contributed by atoms with Crippen molar-refractivity contribution in [2.75, 3.05) is 0 Å². The van der Waals surface area contributed by atoms with E-state index >= 15 is 0 Å². The summed E-state index contributed by atoms with van der Waals surface area (Å²) < 4.78 is 20.4. The number of nitrogens with zero attached hydrogens (tertiary/aromatic N) is 3. The number of benzene rings is 6. The Bertz CT molecular complexity index is 2190. The Morgan fingerprint density at radius 2 is 0.957 bits per heavy atom. The zero-order valence-corrected chi connectivity index (χ0v) is 26.0. The topological polar surface area (TPSA) is 47.9 Å². The van der Waals surface area contributed by atoms with Crippen molar-refractivity contribution in [3.63, 3.8) is 0 Å². The van der Waals surface area contributed by atoms with E-state index in [4.69, 9.17) is 19.7 Å². The van der Waals surface area contributed by atoms with Gasteiger partial charge in [-0.15, -0.1) is 0 Å². The molecule has 0 saturated heterocycles. The van der Waals surface area contributed by atoms with Crippen molar-refractivity contribution in [1.29, 1.82) is 0 Å². The molecule has 0 atom stereocenters. The summed E-state index contributed by atoms with van der Waals surface area (Å²) in [5.74, 6) is 2.01. The average molecular weight is 612 g/mol. The van der Waals surface area contributed by atoms with Crippen LogP contribution in [0.25, 0.3) is 67.5 Å². The lowest BCUT2D eigenvalue weighted by Gasteiger charge is -2.35. The van der Waals surface area contributed by atoms with Gasteiger partial charge < -0.3 is 4.74 Å². The first-order chi connectivity index (χ1) is 22.9. The normalized spacial score (nSPS) is 12.9. The first kappa shape index (κ1) is 28.5. The van der Waals surface area contributed by atoms with Crippen LogP contribution in [0.2, 0.25) is 0 Å². The predicted molar refractivity (Wildman–Crippen MR) is 186 cm³/mol. The van der Waals surface area contributed by atoms with Crippen LogP contribution in [-0.4, -0.2) is 15.0 Å². The third-order valence-corrected chi connectivity index (χ3v) is 8.61.